The lowest BCUT2D eigenvalue weighted by Crippen LogP contribution is -2.40. The highest BCUT2D eigenvalue weighted by Crippen LogP contribution is 2.25. The van der Waals surface area contributed by atoms with Crippen molar-refractivity contribution in [3.05, 3.63) is 34.7 Å². The van der Waals surface area contributed by atoms with E-state index in [4.69, 9.17) is 5.11 Å². The van der Waals surface area contributed by atoms with Crippen LogP contribution in [-0.4, -0.2) is 57.7 Å². The second-order valence-corrected chi connectivity index (χ2v) is 7.68. The molecule has 0 spiro atoms. The number of halogens is 1. The summed E-state index contributed by atoms with van der Waals surface area (Å²) in [5, 5.41) is 12.3. The Morgan fingerprint density at radius 3 is 2.74 bits per heavy atom. The molecule has 1 aliphatic rings. The van der Waals surface area contributed by atoms with Crippen molar-refractivity contribution in [1.29, 1.82) is 0 Å². The summed E-state index contributed by atoms with van der Waals surface area (Å²) in [4.78, 5) is 27.6. The van der Waals surface area contributed by atoms with Crippen molar-refractivity contribution in [3.63, 3.8) is 0 Å². The van der Waals surface area contributed by atoms with Crippen molar-refractivity contribution < 1.29 is 9.90 Å². The van der Waals surface area contributed by atoms with Gasteiger partial charge in [-0.05, 0) is 53.2 Å². The Kier molecular flexibility index (Phi) is 6.10. The van der Waals surface area contributed by atoms with Crippen LogP contribution in [0.3, 0.4) is 0 Å². The van der Waals surface area contributed by atoms with Gasteiger partial charge in [-0.15, -0.1) is 0 Å². The Hall–Kier alpha value is -2.42. The van der Waals surface area contributed by atoms with Gasteiger partial charge in [-0.2, -0.15) is 0 Å². The summed E-state index contributed by atoms with van der Waals surface area (Å²) in [6.45, 7) is 4.01. The summed E-state index contributed by atoms with van der Waals surface area (Å²) in [7, 11) is 2.00. The van der Waals surface area contributed by atoms with Crippen LogP contribution in [0.1, 0.15) is 18.4 Å². The number of aromatic nitrogens is 3. The monoisotopic (exact) mass is 434 g/mol. The number of hydrogen-bond donors (Lipinski definition) is 2. The molecule has 0 aromatic carbocycles. The van der Waals surface area contributed by atoms with Crippen LogP contribution in [0.4, 0.5) is 22.2 Å². The minimum atomic E-state index is -0.829. The number of nitrogens with zero attached hydrogens (tertiary/aromatic N) is 5. The molecule has 0 saturated carbocycles. The number of amides is 1. The number of piperidine rings is 1. The molecule has 27 heavy (non-hydrogen) atoms. The van der Waals surface area contributed by atoms with E-state index in [0.717, 1.165) is 35.2 Å². The van der Waals surface area contributed by atoms with Crippen molar-refractivity contribution in [1.82, 2.24) is 19.9 Å². The van der Waals surface area contributed by atoms with E-state index in [0.29, 0.717) is 30.6 Å². The quantitative estimate of drug-likeness (QED) is 0.742. The van der Waals surface area contributed by atoms with Gasteiger partial charge < -0.3 is 20.2 Å². The van der Waals surface area contributed by atoms with Crippen LogP contribution in [0.5, 0.6) is 0 Å². The highest BCUT2D eigenvalue weighted by atomic mass is 79.9. The number of aryl methyl sites for hydroxylation is 1. The topological polar surface area (TPSA) is 94.5 Å². The Balaban J connectivity index is 1.62. The number of nitrogens with one attached hydrogen (secondary N) is 1. The molecular formula is C18H23BrN6O2. The first-order valence-electron chi connectivity index (χ1n) is 8.82. The van der Waals surface area contributed by atoms with Gasteiger partial charge in [0.25, 0.3) is 0 Å². The largest absolute Gasteiger partial charge is 0.465 e. The predicted octanol–water partition coefficient (Wildman–Crippen LogP) is 3.51. The molecule has 0 radical (unpaired) electrons. The molecule has 0 bridgehead atoms. The average molecular weight is 435 g/mol. The van der Waals surface area contributed by atoms with Crippen LogP contribution < -0.4 is 10.2 Å². The van der Waals surface area contributed by atoms with E-state index >= 15 is 0 Å². The third-order valence-electron chi connectivity index (χ3n) is 4.69. The van der Waals surface area contributed by atoms with Crippen LogP contribution in [0, 0.1) is 12.8 Å². The Morgan fingerprint density at radius 1 is 1.33 bits per heavy atom. The predicted molar refractivity (Wildman–Crippen MR) is 108 cm³/mol. The molecule has 1 fully saturated rings. The number of carbonyl (C=O) groups is 1. The molecule has 1 saturated heterocycles. The maximum Gasteiger partial charge on any atom is 0.407 e. The fourth-order valence-corrected chi connectivity index (χ4v) is 3.72. The zero-order chi connectivity index (χ0) is 19.4. The molecule has 2 aromatic heterocycles. The van der Waals surface area contributed by atoms with Gasteiger partial charge in [-0.1, -0.05) is 0 Å². The smallest absolute Gasteiger partial charge is 0.407 e. The van der Waals surface area contributed by atoms with E-state index in [-0.39, 0.29) is 0 Å². The summed E-state index contributed by atoms with van der Waals surface area (Å²) in [5.41, 5.74) is 1.07. The Morgan fingerprint density at radius 2 is 2.07 bits per heavy atom. The van der Waals surface area contributed by atoms with Crippen molar-refractivity contribution in [2.75, 3.05) is 36.9 Å². The first-order chi connectivity index (χ1) is 12.9. The third kappa shape index (κ3) is 5.06. The second kappa shape index (κ2) is 8.51. The molecule has 0 atom stereocenters. The van der Waals surface area contributed by atoms with Crippen molar-refractivity contribution >= 4 is 39.5 Å². The molecule has 0 unspecified atom stereocenters. The Bertz CT molecular complexity index is 810. The first kappa shape index (κ1) is 19.3. The lowest BCUT2D eigenvalue weighted by atomic mass is 9.96. The molecule has 1 amide bonds. The number of anilines is 3. The average Bonchev–Trinajstić information content (AvgIpc) is 2.65. The number of pyridine rings is 1. The van der Waals surface area contributed by atoms with Crippen LogP contribution in [0.15, 0.2) is 29.1 Å². The van der Waals surface area contributed by atoms with E-state index in [1.165, 1.54) is 11.2 Å². The van der Waals surface area contributed by atoms with Crippen LogP contribution in [0.25, 0.3) is 0 Å². The summed E-state index contributed by atoms with van der Waals surface area (Å²) in [6.07, 6.45) is 4.23. The van der Waals surface area contributed by atoms with Gasteiger partial charge in [0.2, 0.25) is 0 Å². The maximum absolute atomic E-state index is 11.0. The normalized spacial score (nSPS) is 14.9. The molecule has 2 aromatic rings. The molecular weight excluding hydrogens is 412 g/mol. The molecule has 3 heterocycles. The van der Waals surface area contributed by atoms with Crippen molar-refractivity contribution in [2.24, 2.45) is 5.92 Å². The lowest BCUT2D eigenvalue weighted by Gasteiger charge is -2.32. The van der Waals surface area contributed by atoms with Gasteiger partial charge in [0.1, 0.15) is 23.8 Å². The first-order valence-corrected chi connectivity index (χ1v) is 9.62. The van der Waals surface area contributed by atoms with Crippen molar-refractivity contribution in [3.8, 4) is 0 Å². The zero-order valence-electron chi connectivity index (χ0n) is 15.4. The van der Waals surface area contributed by atoms with Gasteiger partial charge in [0.15, 0.2) is 0 Å². The molecule has 8 nitrogen and oxygen atoms in total. The van der Waals surface area contributed by atoms with Crippen LogP contribution in [0.2, 0.25) is 0 Å². The SMILES string of the molecule is Cc1cnc(Nc2cc(N(C)CC3CCN(C(=O)O)CC3)ncn2)c(Br)c1. The standard InChI is InChI=1S/C18H23BrN6O2/c1-12-7-14(19)17(20-9-12)23-15-8-16(22-11-21-15)24(2)10-13-3-5-25(6-4-13)18(26)27/h7-9,11,13H,3-6,10H2,1-2H3,(H,26,27)(H,20,21,22,23). The van der Waals surface area contributed by atoms with E-state index < -0.39 is 6.09 Å². The third-order valence-corrected chi connectivity index (χ3v) is 5.29. The number of likely N-dealkylation sites (tertiary alicyclic amines) is 1. The zero-order valence-corrected chi connectivity index (χ0v) is 17.0. The number of hydrogen-bond acceptors (Lipinski definition) is 6. The van der Waals surface area contributed by atoms with Gasteiger partial charge >= 0.3 is 6.09 Å². The minimum Gasteiger partial charge on any atom is -0.465 e. The summed E-state index contributed by atoms with van der Waals surface area (Å²) >= 11 is 3.51. The van der Waals surface area contributed by atoms with Crippen LogP contribution in [-0.2, 0) is 0 Å². The fourth-order valence-electron chi connectivity index (χ4n) is 3.16. The lowest BCUT2D eigenvalue weighted by molar-refractivity contribution is 0.125. The number of carboxylic acid groups (broad SMARTS) is 1. The highest BCUT2D eigenvalue weighted by Gasteiger charge is 2.23. The fraction of sp³-hybridized carbons (Fsp3) is 0.444. The van der Waals surface area contributed by atoms with Crippen molar-refractivity contribution in [2.45, 2.75) is 19.8 Å². The van der Waals surface area contributed by atoms with Gasteiger partial charge in [-0.25, -0.2) is 19.7 Å². The minimum absolute atomic E-state index is 0.449. The van der Waals surface area contributed by atoms with Gasteiger partial charge in [-0.3, -0.25) is 0 Å². The molecule has 0 aliphatic carbocycles. The van der Waals surface area contributed by atoms with E-state index in [1.807, 2.05) is 26.1 Å². The second-order valence-electron chi connectivity index (χ2n) is 6.82. The molecule has 9 heteroatoms. The van der Waals surface area contributed by atoms with Gasteiger partial charge in [0.05, 0.1) is 4.47 Å². The molecule has 1 aliphatic heterocycles. The van der Waals surface area contributed by atoms with Crippen LogP contribution >= 0.6 is 15.9 Å². The maximum atomic E-state index is 11.0. The van der Waals surface area contributed by atoms with E-state index in [1.54, 1.807) is 6.20 Å². The summed E-state index contributed by atoms with van der Waals surface area (Å²) in [6, 6.07) is 3.88. The summed E-state index contributed by atoms with van der Waals surface area (Å²) in [5.74, 6) is 2.64. The van der Waals surface area contributed by atoms with Gasteiger partial charge in [0, 0.05) is 38.9 Å². The molecule has 2 N–H and O–H groups in total. The Labute approximate surface area is 166 Å². The highest BCUT2D eigenvalue weighted by molar-refractivity contribution is 9.10. The number of rotatable bonds is 5. The molecule has 144 valence electrons. The van der Waals surface area contributed by atoms with E-state index in [2.05, 4.69) is 41.1 Å². The van der Waals surface area contributed by atoms with E-state index in [9.17, 15) is 4.79 Å². The summed E-state index contributed by atoms with van der Waals surface area (Å²) < 4.78 is 0.876. The molecule has 3 rings (SSSR count).